The Morgan fingerprint density at radius 1 is 0.807 bits per heavy atom. The molecule has 5 rings (SSSR count). The molecule has 0 aromatic heterocycles. The van der Waals surface area contributed by atoms with E-state index in [9.17, 15) is 24.3 Å². The first-order valence-electron chi connectivity index (χ1n) is 23.4. The van der Waals surface area contributed by atoms with E-state index in [0.29, 0.717) is 36.5 Å². The Hall–Kier alpha value is -2.38. The van der Waals surface area contributed by atoms with Crippen LogP contribution in [-0.2, 0) is 23.9 Å². The maximum absolute atomic E-state index is 14.5. The number of hydrogen-bond acceptors (Lipinski definition) is 5. The van der Waals surface area contributed by atoms with Crippen LogP contribution >= 0.6 is 0 Å². The van der Waals surface area contributed by atoms with Gasteiger partial charge in [0.05, 0.1) is 5.41 Å². The van der Waals surface area contributed by atoms with E-state index in [0.717, 1.165) is 109 Å². The second kappa shape index (κ2) is 17.7. The number of esters is 1. The molecular weight excluding hydrogens is 713 g/mol. The van der Waals surface area contributed by atoms with Gasteiger partial charge in [-0.2, -0.15) is 0 Å². The van der Waals surface area contributed by atoms with Crippen LogP contribution in [0.4, 0.5) is 0 Å². The van der Waals surface area contributed by atoms with Crippen molar-refractivity contribution < 1.29 is 29.0 Å². The van der Waals surface area contributed by atoms with Gasteiger partial charge < -0.3 is 20.5 Å². The SMILES string of the molecule is CCC(=O)O[C@H]1CC[C@]2(C)[C@H]3CC=C4[C@@H]5CC(C)(C)CC[C@]5(C(=O)NCCCCCCCCCCC(=O)N[C@H](C(=O)O)C(C)C)CC[C@@]4(C)[C@]3(C)CC[C@H]2C1(C)C. The topological polar surface area (TPSA) is 122 Å². The number of allylic oxidation sites excluding steroid dienone is 2. The summed E-state index contributed by atoms with van der Waals surface area (Å²) in [5.74, 6) is 0.344. The molecule has 0 aromatic carbocycles. The molecule has 5 aliphatic carbocycles. The summed E-state index contributed by atoms with van der Waals surface area (Å²) in [5, 5.41) is 15.5. The number of carbonyl (C=O) groups excluding carboxylic acids is 3. The van der Waals surface area contributed by atoms with Gasteiger partial charge in [-0.05, 0) is 122 Å². The van der Waals surface area contributed by atoms with E-state index in [1.807, 2.05) is 6.92 Å². The summed E-state index contributed by atoms with van der Waals surface area (Å²) in [6, 6.07) is -0.822. The third-order valence-corrected chi connectivity index (χ3v) is 17.5. The zero-order valence-electron chi connectivity index (χ0n) is 37.9. The Bertz CT molecular complexity index is 1500. The first kappa shape index (κ1) is 45.7. The van der Waals surface area contributed by atoms with Crippen molar-refractivity contribution in [2.45, 2.75) is 210 Å². The standard InChI is InChI=1S/C49H82N2O6/c1-11-40(53)57-38-24-25-46(8)36(45(38,6)7)23-26-48(10)37(46)22-21-34-35-32-44(4,5)27-29-49(35,30-28-47(34,48)9)43(56)50-31-19-17-15-13-12-14-16-18-20-39(52)51-41(33(2)3)42(54)55/h21,33,35-38,41H,11-20,22-32H2,1-10H3,(H,50,56)(H,51,52)(H,54,55)/t35-,36-,37+,38-,41-,46-,47+,48+,49-/m0/s1. The number of fused-ring (bicyclic) bond motifs is 7. The van der Waals surface area contributed by atoms with Crippen LogP contribution in [0.1, 0.15) is 198 Å². The highest BCUT2D eigenvalue weighted by Gasteiger charge is 2.69. The Kier molecular flexibility index (Phi) is 14.2. The number of carbonyl (C=O) groups is 4. The van der Waals surface area contributed by atoms with Crippen LogP contribution in [0.25, 0.3) is 0 Å². The summed E-state index contributed by atoms with van der Waals surface area (Å²) in [6.07, 6.45) is 22.7. The van der Waals surface area contributed by atoms with Crippen molar-refractivity contribution in [3.8, 4) is 0 Å². The van der Waals surface area contributed by atoms with Crippen LogP contribution in [0.3, 0.4) is 0 Å². The number of unbranched alkanes of at least 4 members (excludes halogenated alkanes) is 7. The van der Waals surface area contributed by atoms with Crippen LogP contribution < -0.4 is 10.6 Å². The monoisotopic (exact) mass is 795 g/mol. The Labute approximate surface area is 346 Å². The molecule has 0 bridgehead atoms. The van der Waals surface area contributed by atoms with Crippen LogP contribution in [0.5, 0.6) is 0 Å². The molecule has 8 nitrogen and oxygen atoms in total. The molecule has 2 amide bonds. The summed E-state index contributed by atoms with van der Waals surface area (Å²) in [6.45, 7) is 23.7. The van der Waals surface area contributed by atoms with Crippen molar-refractivity contribution >= 4 is 23.8 Å². The fourth-order valence-electron chi connectivity index (χ4n) is 13.7. The van der Waals surface area contributed by atoms with Gasteiger partial charge in [-0.25, -0.2) is 4.79 Å². The van der Waals surface area contributed by atoms with Gasteiger partial charge in [-0.3, -0.25) is 14.4 Å². The van der Waals surface area contributed by atoms with Gasteiger partial charge in [0.1, 0.15) is 12.1 Å². The molecule has 0 unspecified atom stereocenters. The van der Waals surface area contributed by atoms with Crippen molar-refractivity contribution in [2.75, 3.05) is 6.54 Å². The maximum atomic E-state index is 14.5. The lowest BCUT2D eigenvalue weighted by Gasteiger charge is -2.71. The molecule has 0 aromatic rings. The summed E-state index contributed by atoms with van der Waals surface area (Å²) >= 11 is 0. The molecule has 324 valence electrons. The first-order valence-corrected chi connectivity index (χ1v) is 23.4. The lowest BCUT2D eigenvalue weighted by atomic mass is 9.33. The van der Waals surface area contributed by atoms with Gasteiger partial charge in [0, 0.05) is 24.8 Å². The van der Waals surface area contributed by atoms with E-state index in [4.69, 9.17) is 4.74 Å². The zero-order valence-corrected chi connectivity index (χ0v) is 37.9. The van der Waals surface area contributed by atoms with E-state index < -0.39 is 12.0 Å². The second-order valence-corrected chi connectivity index (χ2v) is 22.0. The summed E-state index contributed by atoms with van der Waals surface area (Å²) in [4.78, 5) is 50.5. The molecule has 0 radical (unpaired) electrons. The van der Waals surface area contributed by atoms with Crippen molar-refractivity contribution in [1.82, 2.24) is 10.6 Å². The molecule has 4 saturated carbocycles. The lowest BCUT2D eigenvalue weighted by molar-refractivity contribution is -0.212. The Morgan fingerprint density at radius 2 is 1.44 bits per heavy atom. The highest BCUT2D eigenvalue weighted by molar-refractivity contribution is 5.84. The largest absolute Gasteiger partial charge is 0.480 e. The molecule has 0 spiro atoms. The molecule has 5 aliphatic rings. The summed E-state index contributed by atoms with van der Waals surface area (Å²) in [5.41, 5.74) is 1.90. The lowest BCUT2D eigenvalue weighted by Crippen LogP contribution is -2.65. The van der Waals surface area contributed by atoms with Crippen LogP contribution in [-0.4, -0.2) is 47.6 Å². The number of aliphatic carboxylic acids is 1. The third kappa shape index (κ3) is 8.91. The van der Waals surface area contributed by atoms with E-state index in [1.165, 1.54) is 12.8 Å². The van der Waals surface area contributed by atoms with Gasteiger partial charge in [-0.1, -0.05) is 119 Å². The summed E-state index contributed by atoms with van der Waals surface area (Å²) < 4.78 is 6.11. The zero-order chi connectivity index (χ0) is 42.0. The van der Waals surface area contributed by atoms with Crippen molar-refractivity contribution in [3.05, 3.63) is 11.6 Å². The second-order valence-electron chi connectivity index (χ2n) is 22.0. The molecule has 8 heteroatoms. The van der Waals surface area contributed by atoms with Gasteiger partial charge in [-0.15, -0.1) is 0 Å². The number of rotatable bonds is 17. The smallest absolute Gasteiger partial charge is 0.326 e. The number of ether oxygens (including phenoxy) is 1. The Morgan fingerprint density at radius 3 is 2.07 bits per heavy atom. The number of nitrogens with one attached hydrogen (secondary N) is 2. The van der Waals surface area contributed by atoms with Crippen molar-refractivity contribution in [3.63, 3.8) is 0 Å². The van der Waals surface area contributed by atoms with E-state index in [-0.39, 0.29) is 56.4 Å². The van der Waals surface area contributed by atoms with Gasteiger partial charge >= 0.3 is 11.9 Å². The minimum atomic E-state index is -0.976. The summed E-state index contributed by atoms with van der Waals surface area (Å²) in [7, 11) is 0. The molecule has 0 saturated heterocycles. The third-order valence-electron chi connectivity index (χ3n) is 17.5. The van der Waals surface area contributed by atoms with Crippen LogP contribution in [0.15, 0.2) is 11.6 Å². The predicted molar refractivity (Wildman–Crippen MR) is 228 cm³/mol. The minimum Gasteiger partial charge on any atom is -0.480 e. The molecular formula is C49H82N2O6. The highest BCUT2D eigenvalue weighted by atomic mass is 16.5. The molecule has 9 atom stereocenters. The van der Waals surface area contributed by atoms with E-state index >= 15 is 0 Å². The average Bonchev–Trinajstić information content (AvgIpc) is 3.13. The number of carboxylic acid groups (broad SMARTS) is 1. The quantitative estimate of drug-likeness (QED) is 0.0766. The van der Waals surface area contributed by atoms with Crippen LogP contribution in [0, 0.1) is 56.2 Å². The number of hydrogen-bond donors (Lipinski definition) is 3. The number of amides is 2. The molecule has 4 fully saturated rings. The highest BCUT2D eigenvalue weighted by Crippen LogP contribution is 2.76. The minimum absolute atomic E-state index is 0.00783. The van der Waals surface area contributed by atoms with Gasteiger partial charge in [0.2, 0.25) is 11.8 Å². The van der Waals surface area contributed by atoms with Crippen molar-refractivity contribution in [1.29, 1.82) is 0 Å². The number of carboxylic acids is 1. The molecule has 0 heterocycles. The van der Waals surface area contributed by atoms with E-state index in [1.54, 1.807) is 19.4 Å². The van der Waals surface area contributed by atoms with Crippen LogP contribution in [0.2, 0.25) is 0 Å². The fraction of sp³-hybridized carbons (Fsp3) is 0.878. The average molecular weight is 795 g/mol. The van der Waals surface area contributed by atoms with Gasteiger partial charge in [0.15, 0.2) is 0 Å². The maximum Gasteiger partial charge on any atom is 0.326 e. The van der Waals surface area contributed by atoms with E-state index in [2.05, 4.69) is 65.2 Å². The predicted octanol–water partition coefficient (Wildman–Crippen LogP) is 11.0. The van der Waals surface area contributed by atoms with Crippen molar-refractivity contribution in [2.24, 2.45) is 56.2 Å². The molecule has 57 heavy (non-hydrogen) atoms. The normalized spacial score (nSPS) is 35.7. The first-order chi connectivity index (χ1) is 26.7. The fourth-order valence-corrected chi connectivity index (χ4v) is 13.7. The van der Waals surface area contributed by atoms with Gasteiger partial charge in [0.25, 0.3) is 0 Å². The molecule has 3 N–H and O–H groups in total. The molecule has 0 aliphatic heterocycles. The Balaban J connectivity index is 1.15.